The molecule has 0 bridgehead atoms. The van der Waals surface area contributed by atoms with Gasteiger partial charge in [-0.15, -0.1) is 0 Å². The third-order valence-electron chi connectivity index (χ3n) is 4.61. The standard InChI is InChI=1S/C18H28N4O4S/c1-3-22(4-2)27(25,26)15-7-5-6-14(10-15)18(24)21-12-17(23)20-11-16(19)13-8-9-13/h5-7,10,13,16H,3-4,8-9,11-12,19H2,1-2H3,(H,20,23)(H,21,24). The Balaban J connectivity index is 1.93. The molecule has 2 rings (SSSR count). The van der Waals surface area contributed by atoms with E-state index in [1.54, 1.807) is 13.8 Å². The Labute approximate surface area is 160 Å². The van der Waals surface area contributed by atoms with Gasteiger partial charge in [0.1, 0.15) is 0 Å². The van der Waals surface area contributed by atoms with Crippen molar-refractivity contribution in [2.75, 3.05) is 26.2 Å². The van der Waals surface area contributed by atoms with E-state index < -0.39 is 15.9 Å². The lowest BCUT2D eigenvalue weighted by molar-refractivity contribution is -0.120. The molecular weight excluding hydrogens is 368 g/mol. The summed E-state index contributed by atoms with van der Waals surface area (Å²) in [6.07, 6.45) is 2.20. The second kappa shape index (κ2) is 9.29. The van der Waals surface area contributed by atoms with Crippen LogP contribution >= 0.6 is 0 Å². The highest BCUT2D eigenvalue weighted by atomic mass is 32.2. The Kier molecular flexibility index (Phi) is 7.34. The Morgan fingerprint density at radius 2 is 1.89 bits per heavy atom. The van der Waals surface area contributed by atoms with Crippen LogP contribution in [-0.2, 0) is 14.8 Å². The molecular formula is C18H28N4O4S. The smallest absolute Gasteiger partial charge is 0.251 e. The maximum atomic E-state index is 12.6. The van der Waals surface area contributed by atoms with Gasteiger partial charge in [0.05, 0.1) is 11.4 Å². The lowest BCUT2D eigenvalue weighted by atomic mass is 10.2. The van der Waals surface area contributed by atoms with Crippen molar-refractivity contribution in [2.45, 2.75) is 37.6 Å². The number of nitrogens with one attached hydrogen (secondary N) is 2. The molecule has 0 aromatic heterocycles. The number of carbonyl (C=O) groups is 2. The summed E-state index contributed by atoms with van der Waals surface area (Å²) >= 11 is 0. The summed E-state index contributed by atoms with van der Waals surface area (Å²) in [6.45, 7) is 4.40. The van der Waals surface area contributed by atoms with Crippen LogP contribution in [0.1, 0.15) is 37.0 Å². The Hall–Kier alpha value is -1.97. The molecule has 1 aliphatic carbocycles. The summed E-state index contributed by atoms with van der Waals surface area (Å²) < 4.78 is 26.4. The molecule has 1 aliphatic rings. The summed E-state index contributed by atoms with van der Waals surface area (Å²) in [7, 11) is -3.65. The fraction of sp³-hybridized carbons (Fsp3) is 0.556. The minimum Gasteiger partial charge on any atom is -0.353 e. The number of carbonyl (C=O) groups excluding carboxylic acids is 2. The highest BCUT2D eigenvalue weighted by molar-refractivity contribution is 7.89. The van der Waals surface area contributed by atoms with Crippen molar-refractivity contribution in [3.63, 3.8) is 0 Å². The van der Waals surface area contributed by atoms with Crippen LogP contribution in [0.2, 0.25) is 0 Å². The zero-order valence-electron chi connectivity index (χ0n) is 15.8. The van der Waals surface area contributed by atoms with Gasteiger partial charge in [0.15, 0.2) is 0 Å². The van der Waals surface area contributed by atoms with Gasteiger partial charge in [-0.25, -0.2) is 8.42 Å². The number of benzene rings is 1. The van der Waals surface area contributed by atoms with Gasteiger partial charge in [0.2, 0.25) is 15.9 Å². The molecule has 1 atom stereocenters. The zero-order valence-corrected chi connectivity index (χ0v) is 16.6. The van der Waals surface area contributed by atoms with Gasteiger partial charge < -0.3 is 16.4 Å². The van der Waals surface area contributed by atoms with E-state index in [0.717, 1.165) is 12.8 Å². The average Bonchev–Trinajstić information content (AvgIpc) is 3.50. The number of sulfonamides is 1. The van der Waals surface area contributed by atoms with E-state index in [0.29, 0.717) is 25.6 Å². The molecule has 0 radical (unpaired) electrons. The Morgan fingerprint density at radius 1 is 1.22 bits per heavy atom. The molecule has 1 saturated carbocycles. The summed E-state index contributed by atoms with van der Waals surface area (Å²) in [6, 6.07) is 5.75. The first kappa shape index (κ1) is 21.3. The first-order valence-corrected chi connectivity index (χ1v) is 10.6. The molecule has 0 aliphatic heterocycles. The molecule has 8 nitrogen and oxygen atoms in total. The molecule has 1 unspecified atom stereocenters. The van der Waals surface area contributed by atoms with E-state index >= 15 is 0 Å². The lowest BCUT2D eigenvalue weighted by Crippen LogP contribution is -2.43. The largest absolute Gasteiger partial charge is 0.353 e. The first-order chi connectivity index (χ1) is 12.8. The number of rotatable bonds is 10. The Bertz CT molecular complexity index is 773. The molecule has 27 heavy (non-hydrogen) atoms. The van der Waals surface area contributed by atoms with Crippen molar-refractivity contribution in [1.82, 2.24) is 14.9 Å². The highest BCUT2D eigenvalue weighted by Gasteiger charge is 2.28. The van der Waals surface area contributed by atoms with E-state index in [4.69, 9.17) is 5.73 Å². The second-order valence-corrected chi connectivity index (χ2v) is 8.54. The number of hydrogen-bond donors (Lipinski definition) is 3. The normalized spacial score (nSPS) is 15.4. The van der Waals surface area contributed by atoms with Gasteiger partial charge in [-0.1, -0.05) is 19.9 Å². The summed E-state index contributed by atoms with van der Waals surface area (Å²) in [5, 5.41) is 5.20. The van der Waals surface area contributed by atoms with Gasteiger partial charge in [-0.2, -0.15) is 4.31 Å². The molecule has 0 spiro atoms. The topological polar surface area (TPSA) is 122 Å². The van der Waals surface area contributed by atoms with Crippen molar-refractivity contribution in [1.29, 1.82) is 0 Å². The third-order valence-corrected chi connectivity index (χ3v) is 6.66. The van der Waals surface area contributed by atoms with E-state index in [1.807, 2.05) is 0 Å². The van der Waals surface area contributed by atoms with Crippen LogP contribution in [0, 0.1) is 5.92 Å². The number of hydrogen-bond acceptors (Lipinski definition) is 5. The van der Waals surface area contributed by atoms with Gasteiger partial charge in [0, 0.05) is 31.2 Å². The monoisotopic (exact) mass is 396 g/mol. The van der Waals surface area contributed by atoms with Crippen LogP contribution in [0.5, 0.6) is 0 Å². The highest BCUT2D eigenvalue weighted by Crippen LogP contribution is 2.31. The second-order valence-electron chi connectivity index (χ2n) is 6.61. The van der Waals surface area contributed by atoms with Crippen molar-refractivity contribution < 1.29 is 18.0 Å². The quantitative estimate of drug-likeness (QED) is 0.525. The molecule has 9 heteroatoms. The molecule has 4 N–H and O–H groups in total. The van der Waals surface area contributed by atoms with Crippen LogP contribution in [0.3, 0.4) is 0 Å². The minimum absolute atomic E-state index is 0.0494. The number of amides is 2. The molecule has 0 heterocycles. The fourth-order valence-corrected chi connectivity index (χ4v) is 4.26. The average molecular weight is 397 g/mol. The van der Waals surface area contributed by atoms with Gasteiger partial charge in [-0.05, 0) is 37.0 Å². The van der Waals surface area contributed by atoms with E-state index in [2.05, 4.69) is 10.6 Å². The fourth-order valence-electron chi connectivity index (χ4n) is 2.76. The molecule has 1 aromatic rings. The van der Waals surface area contributed by atoms with Gasteiger partial charge in [0.25, 0.3) is 5.91 Å². The van der Waals surface area contributed by atoms with Crippen LogP contribution < -0.4 is 16.4 Å². The summed E-state index contributed by atoms with van der Waals surface area (Å²) in [5.74, 6) is -0.352. The minimum atomic E-state index is -3.65. The number of nitrogens with two attached hydrogens (primary N) is 1. The van der Waals surface area contributed by atoms with Gasteiger partial charge in [-0.3, -0.25) is 9.59 Å². The van der Waals surface area contributed by atoms with Crippen molar-refractivity contribution in [3.05, 3.63) is 29.8 Å². The van der Waals surface area contributed by atoms with E-state index in [1.165, 1.54) is 28.6 Å². The molecule has 1 fully saturated rings. The summed E-state index contributed by atoms with van der Waals surface area (Å²) in [4.78, 5) is 24.2. The lowest BCUT2D eigenvalue weighted by Gasteiger charge is -2.18. The summed E-state index contributed by atoms with van der Waals surface area (Å²) in [5.41, 5.74) is 6.10. The predicted octanol–water partition coefficient (Wildman–Crippen LogP) is 0.300. The van der Waals surface area contributed by atoms with Crippen LogP contribution in [0.4, 0.5) is 0 Å². The third kappa shape index (κ3) is 5.75. The maximum Gasteiger partial charge on any atom is 0.251 e. The van der Waals surface area contributed by atoms with E-state index in [-0.39, 0.29) is 29.0 Å². The first-order valence-electron chi connectivity index (χ1n) is 9.20. The molecule has 0 saturated heterocycles. The van der Waals surface area contributed by atoms with Crippen LogP contribution in [0.25, 0.3) is 0 Å². The number of nitrogens with zero attached hydrogens (tertiary/aromatic N) is 1. The molecule has 2 amide bonds. The Morgan fingerprint density at radius 3 is 2.48 bits per heavy atom. The van der Waals surface area contributed by atoms with Crippen molar-refractivity contribution in [3.8, 4) is 0 Å². The van der Waals surface area contributed by atoms with Crippen LogP contribution in [0.15, 0.2) is 29.2 Å². The van der Waals surface area contributed by atoms with Crippen molar-refractivity contribution in [2.24, 2.45) is 11.7 Å². The van der Waals surface area contributed by atoms with E-state index in [9.17, 15) is 18.0 Å². The van der Waals surface area contributed by atoms with Crippen molar-refractivity contribution >= 4 is 21.8 Å². The maximum absolute atomic E-state index is 12.6. The van der Waals surface area contributed by atoms with Gasteiger partial charge >= 0.3 is 0 Å². The predicted molar refractivity (Wildman–Crippen MR) is 103 cm³/mol. The SMILES string of the molecule is CCN(CC)S(=O)(=O)c1cccc(C(=O)NCC(=O)NCC(N)C2CC2)c1. The zero-order chi connectivity index (χ0) is 20.0. The van der Waals surface area contributed by atoms with Crippen LogP contribution in [-0.4, -0.2) is 56.8 Å². The molecule has 150 valence electrons. The molecule has 1 aromatic carbocycles.